The van der Waals surface area contributed by atoms with Crippen LogP contribution >= 0.6 is 11.3 Å². The number of aliphatic imine (C=N–C) groups is 1. The van der Waals surface area contributed by atoms with Gasteiger partial charge < -0.3 is 24.6 Å². The molecule has 0 radical (unpaired) electrons. The Balaban J connectivity index is 1.28. The number of thiophene rings is 1. The van der Waals surface area contributed by atoms with Crippen LogP contribution in [0.4, 0.5) is 10.7 Å². The molecule has 3 atom stereocenters. The molecule has 1 aliphatic carbocycles. The standard InChI is InChI=1S/C26H32N6O3S/c1-15-11-31(12-16(2)35-15)25(33)17-5-6-19-22(9-17)36-26-23(19)24(27-14-30(26)3)29-20-10-18-7-8-28-32(18)13-21(20)34-4/h7-8,10,13,15-17H,5-6,9,11-12,14H2,1-4H3,(H,27,29)/t15-,16-,17-/m0/s1. The van der Waals surface area contributed by atoms with Crippen molar-refractivity contribution in [3.05, 3.63) is 40.5 Å². The second kappa shape index (κ2) is 9.08. The summed E-state index contributed by atoms with van der Waals surface area (Å²) in [6.45, 7) is 6.04. The number of hydrogen-bond acceptors (Lipinski definition) is 8. The molecule has 36 heavy (non-hydrogen) atoms. The number of amides is 1. The minimum atomic E-state index is 0.0260. The lowest BCUT2D eigenvalue weighted by atomic mass is 9.85. The van der Waals surface area contributed by atoms with Gasteiger partial charge in [0.25, 0.3) is 0 Å². The van der Waals surface area contributed by atoms with Crippen LogP contribution in [-0.2, 0) is 22.4 Å². The van der Waals surface area contributed by atoms with Crippen molar-refractivity contribution in [2.24, 2.45) is 10.9 Å². The van der Waals surface area contributed by atoms with E-state index in [9.17, 15) is 4.79 Å². The zero-order valence-corrected chi connectivity index (χ0v) is 22.0. The average molecular weight is 509 g/mol. The summed E-state index contributed by atoms with van der Waals surface area (Å²) >= 11 is 1.81. The summed E-state index contributed by atoms with van der Waals surface area (Å²) < 4.78 is 13.3. The number of carbonyl (C=O) groups excluding carboxylic acids is 1. The fourth-order valence-electron chi connectivity index (χ4n) is 5.67. The van der Waals surface area contributed by atoms with Gasteiger partial charge in [0, 0.05) is 37.1 Å². The lowest BCUT2D eigenvalue weighted by Crippen LogP contribution is -2.50. The summed E-state index contributed by atoms with van der Waals surface area (Å²) in [5.74, 6) is 1.87. The molecular weight excluding hydrogens is 476 g/mol. The molecule has 190 valence electrons. The summed E-state index contributed by atoms with van der Waals surface area (Å²) in [5, 5.41) is 9.09. The van der Waals surface area contributed by atoms with Crippen LogP contribution in [0.25, 0.3) is 5.52 Å². The topological polar surface area (TPSA) is 83.7 Å². The molecule has 0 bridgehead atoms. The molecule has 3 aromatic heterocycles. The number of pyridine rings is 1. The van der Waals surface area contributed by atoms with Gasteiger partial charge in [0.2, 0.25) is 5.91 Å². The molecule has 9 nitrogen and oxygen atoms in total. The van der Waals surface area contributed by atoms with Crippen molar-refractivity contribution in [3.63, 3.8) is 0 Å². The predicted molar refractivity (Wildman–Crippen MR) is 142 cm³/mol. The van der Waals surface area contributed by atoms with Crippen LogP contribution in [0.5, 0.6) is 5.75 Å². The molecule has 0 unspecified atom stereocenters. The number of fused-ring (bicyclic) bond motifs is 4. The second-order valence-corrected chi connectivity index (χ2v) is 11.1. The summed E-state index contributed by atoms with van der Waals surface area (Å²) in [5.41, 5.74) is 4.33. The number of morpholine rings is 1. The van der Waals surface area contributed by atoms with Crippen molar-refractivity contribution in [2.45, 2.75) is 45.3 Å². The zero-order valence-electron chi connectivity index (χ0n) is 21.2. The fraction of sp³-hybridized carbons (Fsp3) is 0.500. The molecular formula is C26H32N6O3S. The highest BCUT2D eigenvalue weighted by Gasteiger charge is 2.36. The summed E-state index contributed by atoms with van der Waals surface area (Å²) in [6.07, 6.45) is 6.34. The van der Waals surface area contributed by atoms with Crippen LogP contribution in [0, 0.1) is 5.92 Å². The Morgan fingerprint density at radius 1 is 1.28 bits per heavy atom. The zero-order chi connectivity index (χ0) is 25.0. The van der Waals surface area contributed by atoms with Gasteiger partial charge in [0.15, 0.2) is 5.75 Å². The number of anilines is 2. The Morgan fingerprint density at radius 3 is 2.86 bits per heavy atom. The molecule has 6 rings (SSSR count). The first kappa shape index (κ1) is 23.3. The highest BCUT2D eigenvalue weighted by atomic mass is 32.1. The molecule has 0 spiro atoms. The lowest BCUT2D eigenvalue weighted by molar-refractivity contribution is -0.147. The van der Waals surface area contributed by atoms with E-state index in [0.717, 1.165) is 36.3 Å². The third-order valence-corrected chi connectivity index (χ3v) is 8.69. The molecule has 10 heteroatoms. The molecule has 1 saturated heterocycles. The van der Waals surface area contributed by atoms with Gasteiger partial charge >= 0.3 is 0 Å². The molecule has 1 N–H and O–H groups in total. The van der Waals surface area contributed by atoms with E-state index in [-0.39, 0.29) is 24.0 Å². The van der Waals surface area contributed by atoms with E-state index in [1.54, 1.807) is 17.8 Å². The summed E-state index contributed by atoms with van der Waals surface area (Å²) in [7, 11) is 3.75. The molecule has 0 aromatic carbocycles. The number of aromatic nitrogens is 2. The maximum atomic E-state index is 13.4. The maximum Gasteiger partial charge on any atom is 0.226 e. The van der Waals surface area contributed by atoms with E-state index >= 15 is 0 Å². The number of amidine groups is 1. The molecule has 1 fully saturated rings. The number of ether oxygens (including phenoxy) is 2. The quantitative estimate of drug-likeness (QED) is 0.584. The normalized spacial score (nSPS) is 23.8. The molecule has 5 heterocycles. The van der Waals surface area contributed by atoms with E-state index < -0.39 is 0 Å². The third kappa shape index (κ3) is 4.02. The third-order valence-electron chi connectivity index (χ3n) is 7.32. The molecule has 1 amide bonds. The first-order valence-corrected chi connectivity index (χ1v) is 13.4. The summed E-state index contributed by atoms with van der Waals surface area (Å²) in [4.78, 5) is 23.8. The van der Waals surface area contributed by atoms with Crippen LogP contribution in [0.1, 0.15) is 36.3 Å². The molecule has 3 aliphatic rings. The Morgan fingerprint density at radius 2 is 2.08 bits per heavy atom. The van der Waals surface area contributed by atoms with Gasteiger partial charge in [-0.3, -0.25) is 4.79 Å². The van der Waals surface area contributed by atoms with Gasteiger partial charge in [-0.1, -0.05) is 0 Å². The monoisotopic (exact) mass is 508 g/mol. The number of nitrogens with zero attached hydrogens (tertiary/aromatic N) is 5. The number of nitrogens with one attached hydrogen (secondary N) is 1. The van der Waals surface area contributed by atoms with Crippen molar-refractivity contribution >= 4 is 39.3 Å². The largest absolute Gasteiger partial charge is 0.493 e. The van der Waals surface area contributed by atoms with E-state index in [4.69, 9.17) is 14.5 Å². The van der Waals surface area contributed by atoms with E-state index in [0.29, 0.717) is 25.5 Å². The fourth-order valence-corrected chi connectivity index (χ4v) is 7.05. The van der Waals surface area contributed by atoms with Crippen LogP contribution < -0.4 is 15.0 Å². The van der Waals surface area contributed by atoms with Gasteiger partial charge in [-0.15, -0.1) is 11.3 Å². The van der Waals surface area contributed by atoms with Gasteiger partial charge in [0.1, 0.15) is 17.5 Å². The van der Waals surface area contributed by atoms with Gasteiger partial charge in [0.05, 0.1) is 42.3 Å². The Kier molecular flexibility index (Phi) is 5.88. The molecule has 2 aliphatic heterocycles. The predicted octanol–water partition coefficient (Wildman–Crippen LogP) is 3.41. The van der Waals surface area contributed by atoms with E-state index in [2.05, 4.69) is 22.4 Å². The first-order chi connectivity index (χ1) is 17.4. The van der Waals surface area contributed by atoms with Crippen LogP contribution in [-0.4, -0.2) is 72.4 Å². The van der Waals surface area contributed by atoms with Crippen LogP contribution in [0.3, 0.4) is 0 Å². The van der Waals surface area contributed by atoms with Crippen molar-refractivity contribution < 1.29 is 14.3 Å². The molecule has 3 aromatic rings. The minimum absolute atomic E-state index is 0.0260. The average Bonchev–Trinajstić information content (AvgIpc) is 3.48. The van der Waals surface area contributed by atoms with Crippen LogP contribution in [0.2, 0.25) is 0 Å². The number of rotatable bonds is 3. The maximum absolute atomic E-state index is 13.4. The Hall–Kier alpha value is -3.11. The van der Waals surface area contributed by atoms with E-state index in [1.807, 2.05) is 48.4 Å². The second-order valence-electron chi connectivity index (χ2n) is 10.1. The first-order valence-electron chi connectivity index (χ1n) is 12.5. The highest BCUT2D eigenvalue weighted by molar-refractivity contribution is 7.16. The lowest BCUT2D eigenvalue weighted by Gasteiger charge is -2.37. The van der Waals surface area contributed by atoms with Crippen molar-refractivity contribution in [1.82, 2.24) is 14.5 Å². The van der Waals surface area contributed by atoms with Gasteiger partial charge in [-0.2, -0.15) is 5.10 Å². The molecule has 0 saturated carbocycles. The Labute approximate surface area is 214 Å². The van der Waals surface area contributed by atoms with Gasteiger partial charge in [-0.05, 0) is 50.8 Å². The van der Waals surface area contributed by atoms with Gasteiger partial charge in [-0.25, -0.2) is 9.51 Å². The highest BCUT2D eigenvalue weighted by Crippen LogP contribution is 2.44. The van der Waals surface area contributed by atoms with Crippen LogP contribution in [0.15, 0.2) is 29.5 Å². The summed E-state index contributed by atoms with van der Waals surface area (Å²) in [6, 6.07) is 4.00. The number of methoxy groups -OCH3 is 1. The smallest absolute Gasteiger partial charge is 0.226 e. The minimum Gasteiger partial charge on any atom is -0.493 e. The SMILES string of the molecule is COc1cn2nccc2cc1NC1=NCN(C)c2sc3c(c21)CC[C@H](C(=O)N1C[C@H](C)O[C@@H](C)C1)C3. The number of hydrogen-bond donors (Lipinski definition) is 1. The van der Waals surface area contributed by atoms with Crippen molar-refractivity contribution in [3.8, 4) is 5.75 Å². The van der Waals surface area contributed by atoms with E-state index in [1.165, 1.54) is 21.0 Å². The Bertz CT molecular complexity index is 1340. The van der Waals surface area contributed by atoms with Crippen molar-refractivity contribution in [2.75, 3.05) is 44.1 Å². The van der Waals surface area contributed by atoms with Crippen molar-refractivity contribution in [1.29, 1.82) is 0 Å². The number of carbonyl (C=O) groups is 1.